The highest BCUT2D eigenvalue weighted by atomic mass is 16.5. The summed E-state index contributed by atoms with van der Waals surface area (Å²) in [6.45, 7) is 4.74. The van der Waals surface area contributed by atoms with Crippen molar-refractivity contribution in [3.05, 3.63) is 59.2 Å². The molecule has 0 saturated heterocycles. The Kier molecular flexibility index (Phi) is 4.24. The zero-order valence-corrected chi connectivity index (χ0v) is 11.4. The van der Waals surface area contributed by atoms with Crippen LogP contribution in [0.25, 0.3) is 12.2 Å². The molecule has 0 atom stereocenters. The Hall–Kier alpha value is -2.22. The average molecular weight is 253 g/mol. The molecule has 0 unspecified atom stereocenters. The van der Waals surface area contributed by atoms with Crippen molar-refractivity contribution < 1.29 is 4.74 Å². The summed E-state index contributed by atoms with van der Waals surface area (Å²) < 4.78 is 5.59. The Bertz CT molecular complexity index is 570. The molecule has 2 aromatic carbocycles. The van der Waals surface area contributed by atoms with Crippen LogP contribution in [0.5, 0.6) is 5.75 Å². The van der Waals surface area contributed by atoms with Crippen molar-refractivity contribution in [1.82, 2.24) is 0 Å². The van der Waals surface area contributed by atoms with E-state index in [0.29, 0.717) is 6.61 Å². The zero-order valence-electron chi connectivity index (χ0n) is 11.4. The van der Waals surface area contributed by atoms with Gasteiger partial charge in [0.05, 0.1) is 6.61 Å². The second-order valence-electron chi connectivity index (χ2n) is 4.46. The number of aryl methyl sites for hydroxylation is 1. The summed E-state index contributed by atoms with van der Waals surface area (Å²) in [5, 5.41) is 0. The van der Waals surface area contributed by atoms with Crippen LogP contribution in [0.4, 0.5) is 5.69 Å². The van der Waals surface area contributed by atoms with E-state index in [-0.39, 0.29) is 0 Å². The van der Waals surface area contributed by atoms with E-state index in [0.717, 1.165) is 28.1 Å². The normalized spacial score (nSPS) is 10.8. The van der Waals surface area contributed by atoms with Gasteiger partial charge in [0, 0.05) is 5.69 Å². The molecular weight excluding hydrogens is 234 g/mol. The fraction of sp³-hybridized carbons (Fsp3) is 0.176. The van der Waals surface area contributed by atoms with Gasteiger partial charge in [-0.05, 0) is 48.7 Å². The fourth-order valence-corrected chi connectivity index (χ4v) is 1.83. The first-order valence-electron chi connectivity index (χ1n) is 6.46. The highest BCUT2D eigenvalue weighted by Gasteiger charge is 1.98. The topological polar surface area (TPSA) is 35.2 Å². The maximum absolute atomic E-state index is 5.66. The number of hydrogen-bond donors (Lipinski definition) is 1. The van der Waals surface area contributed by atoms with Gasteiger partial charge < -0.3 is 10.5 Å². The van der Waals surface area contributed by atoms with Gasteiger partial charge >= 0.3 is 0 Å². The van der Waals surface area contributed by atoms with Gasteiger partial charge in [-0.15, -0.1) is 0 Å². The van der Waals surface area contributed by atoms with E-state index in [9.17, 15) is 0 Å². The van der Waals surface area contributed by atoms with Gasteiger partial charge in [0.25, 0.3) is 0 Å². The van der Waals surface area contributed by atoms with Crippen LogP contribution in [0.3, 0.4) is 0 Å². The number of rotatable bonds is 4. The van der Waals surface area contributed by atoms with Crippen molar-refractivity contribution >= 4 is 17.8 Å². The van der Waals surface area contributed by atoms with Crippen molar-refractivity contribution in [3.8, 4) is 5.75 Å². The molecule has 0 aliphatic heterocycles. The molecule has 0 aromatic heterocycles. The molecule has 2 aromatic rings. The lowest BCUT2D eigenvalue weighted by atomic mass is 10.1. The Morgan fingerprint density at radius 3 is 2.32 bits per heavy atom. The molecule has 2 rings (SSSR count). The van der Waals surface area contributed by atoms with Gasteiger partial charge in [-0.1, -0.05) is 36.4 Å². The van der Waals surface area contributed by atoms with Gasteiger partial charge in [0.2, 0.25) is 0 Å². The van der Waals surface area contributed by atoms with Crippen molar-refractivity contribution in [1.29, 1.82) is 0 Å². The Labute approximate surface area is 114 Å². The maximum atomic E-state index is 5.66. The summed E-state index contributed by atoms with van der Waals surface area (Å²) >= 11 is 0. The first kappa shape index (κ1) is 13.2. The highest BCUT2D eigenvalue weighted by molar-refractivity contribution is 5.71. The summed E-state index contributed by atoms with van der Waals surface area (Å²) in [7, 11) is 0. The Balaban J connectivity index is 2.18. The van der Waals surface area contributed by atoms with Crippen molar-refractivity contribution in [2.24, 2.45) is 0 Å². The minimum absolute atomic E-state index is 0.686. The van der Waals surface area contributed by atoms with Crippen LogP contribution in [0, 0.1) is 6.92 Å². The Morgan fingerprint density at radius 1 is 1.00 bits per heavy atom. The van der Waals surface area contributed by atoms with Gasteiger partial charge in [0.1, 0.15) is 5.75 Å². The number of anilines is 1. The molecule has 0 heterocycles. The fourth-order valence-electron chi connectivity index (χ4n) is 1.83. The quantitative estimate of drug-likeness (QED) is 0.656. The molecule has 2 N–H and O–H groups in total. The summed E-state index contributed by atoms with van der Waals surface area (Å²) in [5.74, 6) is 0.946. The third kappa shape index (κ3) is 3.62. The van der Waals surface area contributed by atoms with Crippen LogP contribution >= 0.6 is 0 Å². The standard InChI is InChI=1S/C17H19NO/c1-3-19-17-12-15(5-4-13(17)2)7-6-14-8-10-16(18)11-9-14/h4-12H,3,18H2,1-2H3/b7-6+. The molecule has 0 radical (unpaired) electrons. The molecule has 0 fully saturated rings. The first-order valence-corrected chi connectivity index (χ1v) is 6.46. The number of nitrogens with two attached hydrogens (primary N) is 1. The second kappa shape index (κ2) is 6.10. The Morgan fingerprint density at radius 2 is 1.63 bits per heavy atom. The molecule has 0 spiro atoms. The summed E-state index contributed by atoms with van der Waals surface area (Å²) in [5.41, 5.74) is 9.87. The van der Waals surface area contributed by atoms with Crippen LogP contribution in [0.2, 0.25) is 0 Å². The lowest BCUT2D eigenvalue weighted by molar-refractivity contribution is 0.338. The maximum Gasteiger partial charge on any atom is 0.122 e. The van der Waals surface area contributed by atoms with Gasteiger partial charge in [-0.25, -0.2) is 0 Å². The van der Waals surface area contributed by atoms with Crippen molar-refractivity contribution in [2.45, 2.75) is 13.8 Å². The minimum Gasteiger partial charge on any atom is -0.494 e. The molecule has 2 heteroatoms. The molecule has 0 aliphatic rings. The average Bonchev–Trinajstić information content (AvgIpc) is 2.42. The van der Waals surface area contributed by atoms with E-state index in [2.05, 4.69) is 37.3 Å². The van der Waals surface area contributed by atoms with E-state index in [1.807, 2.05) is 31.2 Å². The summed E-state index contributed by atoms with van der Waals surface area (Å²) in [4.78, 5) is 0. The second-order valence-corrected chi connectivity index (χ2v) is 4.46. The largest absolute Gasteiger partial charge is 0.494 e. The zero-order chi connectivity index (χ0) is 13.7. The van der Waals surface area contributed by atoms with Crippen molar-refractivity contribution in [2.75, 3.05) is 12.3 Å². The number of hydrogen-bond acceptors (Lipinski definition) is 2. The first-order chi connectivity index (χ1) is 9.19. The number of benzene rings is 2. The molecule has 0 aliphatic carbocycles. The van der Waals surface area contributed by atoms with Gasteiger partial charge in [0.15, 0.2) is 0 Å². The van der Waals surface area contributed by atoms with Crippen LogP contribution in [0.1, 0.15) is 23.6 Å². The van der Waals surface area contributed by atoms with Crippen LogP contribution in [0.15, 0.2) is 42.5 Å². The third-order valence-electron chi connectivity index (χ3n) is 2.92. The van der Waals surface area contributed by atoms with E-state index >= 15 is 0 Å². The molecule has 2 nitrogen and oxygen atoms in total. The SMILES string of the molecule is CCOc1cc(/C=C/c2ccc(N)cc2)ccc1C. The lowest BCUT2D eigenvalue weighted by Gasteiger charge is -2.07. The van der Waals surface area contributed by atoms with Gasteiger partial charge in [-0.3, -0.25) is 0 Å². The molecule has 0 saturated carbocycles. The monoisotopic (exact) mass is 253 g/mol. The molecular formula is C17H19NO. The van der Waals surface area contributed by atoms with Crippen LogP contribution < -0.4 is 10.5 Å². The van der Waals surface area contributed by atoms with Crippen LogP contribution in [-0.2, 0) is 0 Å². The van der Waals surface area contributed by atoms with E-state index < -0.39 is 0 Å². The smallest absolute Gasteiger partial charge is 0.122 e. The van der Waals surface area contributed by atoms with Crippen molar-refractivity contribution in [3.63, 3.8) is 0 Å². The van der Waals surface area contributed by atoms with E-state index in [1.165, 1.54) is 0 Å². The van der Waals surface area contributed by atoms with E-state index in [1.54, 1.807) is 0 Å². The summed E-state index contributed by atoms with van der Waals surface area (Å²) in [6, 6.07) is 14.0. The lowest BCUT2D eigenvalue weighted by Crippen LogP contribution is -1.94. The van der Waals surface area contributed by atoms with Gasteiger partial charge in [-0.2, -0.15) is 0 Å². The number of nitrogen functional groups attached to an aromatic ring is 1. The number of ether oxygens (including phenoxy) is 1. The minimum atomic E-state index is 0.686. The molecule has 19 heavy (non-hydrogen) atoms. The van der Waals surface area contributed by atoms with Crippen LogP contribution in [-0.4, -0.2) is 6.61 Å². The highest BCUT2D eigenvalue weighted by Crippen LogP contribution is 2.21. The predicted octanol–water partition coefficient (Wildman–Crippen LogP) is 4.15. The summed E-state index contributed by atoms with van der Waals surface area (Å²) in [6.07, 6.45) is 4.15. The molecule has 0 amide bonds. The van der Waals surface area contributed by atoms with E-state index in [4.69, 9.17) is 10.5 Å². The molecule has 98 valence electrons. The predicted molar refractivity (Wildman–Crippen MR) is 82.1 cm³/mol. The third-order valence-corrected chi connectivity index (χ3v) is 2.92. The molecule has 0 bridgehead atoms.